The first-order valence-electron chi connectivity index (χ1n) is 11.7. The number of pyridine rings is 1. The Kier molecular flexibility index (Phi) is 7.16. The Bertz CT molecular complexity index is 1480. The fraction of sp³-hybridized carbons (Fsp3) is 0.208. The molecule has 1 aliphatic rings. The smallest absolute Gasteiger partial charge is 0.301 e. The number of aryl methyl sites for hydroxylation is 1. The minimum absolute atomic E-state index is 0.369. The molecular formula is C24H26N10O2S. The highest BCUT2D eigenvalue weighted by molar-refractivity contribution is 7.90. The van der Waals surface area contributed by atoms with Crippen LogP contribution < -0.4 is 20.7 Å². The zero-order chi connectivity index (χ0) is 25.7. The van der Waals surface area contributed by atoms with E-state index in [2.05, 4.69) is 45.6 Å². The van der Waals surface area contributed by atoms with Crippen molar-refractivity contribution in [1.29, 1.82) is 0 Å². The first-order chi connectivity index (χ1) is 17.9. The van der Waals surface area contributed by atoms with E-state index >= 15 is 0 Å². The molecule has 4 heterocycles. The van der Waals surface area contributed by atoms with Crippen LogP contribution in [0.25, 0.3) is 11.5 Å². The molecule has 0 spiro atoms. The van der Waals surface area contributed by atoms with Crippen molar-refractivity contribution in [3.05, 3.63) is 72.7 Å². The van der Waals surface area contributed by atoms with E-state index < -0.39 is 10.2 Å². The SMILES string of the molecule is Cc1cccc(-c2nccc(Nc3ccnc(Nc4ccc(NS(=O)(=O)N5CCNCC5)cc4)n3)n2)n1. The summed E-state index contributed by atoms with van der Waals surface area (Å²) in [4.78, 5) is 22.1. The molecule has 1 aliphatic heterocycles. The van der Waals surface area contributed by atoms with Gasteiger partial charge in [-0.1, -0.05) is 6.07 Å². The molecule has 37 heavy (non-hydrogen) atoms. The number of anilines is 5. The van der Waals surface area contributed by atoms with Gasteiger partial charge < -0.3 is 16.0 Å². The molecule has 3 aromatic heterocycles. The van der Waals surface area contributed by atoms with Crippen molar-refractivity contribution in [2.75, 3.05) is 41.5 Å². The Morgan fingerprint density at radius 1 is 0.811 bits per heavy atom. The van der Waals surface area contributed by atoms with Crippen molar-refractivity contribution in [2.45, 2.75) is 6.92 Å². The van der Waals surface area contributed by atoms with Crippen molar-refractivity contribution in [2.24, 2.45) is 0 Å². The van der Waals surface area contributed by atoms with Gasteiger partial charge in [-0.2, -0.15) is 17.7 Å². The van der Waals surface area contributed by atoms with Crippen LogP contribution in [0.5, 0.6) is 0 Å². The van der Waals surface area contributed by atoms with E-state index in [-0.39, 0.29) is 0 Å². The van der Waals surface area contributed by atoms with Gasteiger partial charge in [0.25, 0.3) is 0 Å². The van der Waals surface area contributed by atoms with Gasteiger partial charge in [0.05, 0.1) is 0 Å². The van der Waals surface area contributed by atoms with Crippen LogP contribution in [0.15, 0.2) is 67.0 Å². The zero-order valence-corrected chi connectivity index (χ0v) is 20.9. The van der Waals surface area contributed by atoms with Gasteiger partial charge in [-0.05, 0) is 55.5 Å². The Balaban J connectivity index is 1.24. The van der Waals surface area contributed by atoms with Crippen LogP contribution in [0.3, 0.4) is 0 Å². The number of aromatic nitrogens is 5. The minimum Gasteiger partial charge on any atom is -0.325 e. The predicted octanol–water partition coefficient (Wildman–Crippen LogP) is 2.69. The second-order valence-corrected chi connectivity index (χ2v) is 9.95. The highest BCUT2D eigenvalue weighted by Crippen LogP contribution is 2.21. The third kappa shape index (κ3) is 6.33. The number of hydrogen-bond donors (Lipinski definition) is 4. The lowest BCUT2D eigenvalue weighted by atomic mass is 10.3. The highest BCUT2D eigenvalue weighted by Gasteiger charge is 2.23. The van der Waals surface area contributed by atoms with Gasteiger partial charge in [-0.3, -0.25) is 4.72 Å². The van der Waals surface area contributed by atoms with Crippen LogP contribution in [0.4, 0.5) is 29.0 Å². The third-order valence-corrected chi connectivity index (χ3v) is 7.03. The second-order valence-electron chi connectivity index (χ2n) is 8.28. The molecule has 0 saturated carbocycles. The summed E-state index contributed by atoms with van der Waals surface area (Å²) in [6, 6.07) is 16.0. The molecule has 0 radical (unpaired) electrons. The number of piperazine rings is 1. The quantitative estimate of drug-likeness (QED) is 0.274. The van der Waals surface area contributed by atoms with Crippen molar-refractivity contribution >= 4 is 39.2 Å². The number of benzene rings is 1. The molecule has 1 fully saturated rings. The van der Waals surface area contributed by atoms with E-state index in [0.29, 0.717) is 66.7 Å². The van der Waals surface area contributed by atoms with E-state index in [1.807, 2.05) is 25.1 Å². The minimum atomic E-state index is -3.59. The highest BCUT2D eigenvalue weighted by atomic mass is 32.2. The van der Waals surface area contributed by atoms with Crippen molar-refractivity contribution in [1.82, 2.24) is 34.5 Å². The molecular weight excluding hydrogens is 492 g/mol. The van der Waals surface area contributed by atoms with Gasteiger partial charge >= 0.3 is 10.2 Å². The summed E-state index contributed by atoms with van der Waals surface area (Å²) in [6.07, 6.45) is 3.28. The maximum absolute atomic E-state index is 12.6. The number of rotatable bonds is 8. The monoisotopic (exact) mass is 518 g/mol. The van der Waals surface area contributed by atoms with Crippen LogP contribution in [-0.4, -0.2) is 63.8 Å². The summed E-state index contributed by atoms with van der Waals surface area (Å²) in [5.74, 6) is 1.99. The van der Waals surface area contributed by atoms with E-state index in [1.54, 1.807) is 48.8 Å². The van der Waals surface area contributed by atoms with Gasteiger partial charge in [0.15, 0.2) is 5.82 Å². The molecule has 4 N–H and O–H groups in total. The summed E-state index contributed by atoms with van der Waals surface area (Å²) < 4.78 is 29.2. The molecule has 0 amide bonds. The largest absolute Gasteiger partial charge is 0.325 e. The molecule has 0 unspecified atom stereocenters. The molecule has 0 bridgehead atoms. The fourth-order valence-corrected chi connectivity index (χ4v) is 4.91. The Hall–Kier alpha value is -4.20. The Labute approximate surface area is 214 Å². The Morgan fingerprint density at radius 3 is 2.27 bits per heavy atom. The molecule has 0 atom stereocenters. The molecule has 5 rings (SSSR count). The van der Waals surface area contributed by atoms with Gasteiger partial charge in [0.2, 0.25) is 5.95 Å². The normalized spacial score (nSPS) is 14.2. The van der Waals surface area contributed by atoms with E-state index in [4.69, 9.17) is 0 Å². The first kappa shape index (κ1) is 24.5. The van der Waals surface area contributed by atoms with Crippen molar-refractivity contribution < 1.29 is 8.42 Å². The van der Waals surface area contributed by atoms with E-state index in [1.165, 1.54) is 4.31 Å². The molecule has 1 saturated heterocycles. The molecule has 0 aliphatic carbocycles. The summed E-state index contributed by atoms with van der Waals surface area (Å²) in [5.41, 5.74) is 2.75. The van der Waals surface area contributed by atoms with Gasteiger partial charge in [-0.15, -0.1) is 0 Å². The topological polar surface area (TPSA) is 150 Å². The average molecular weight is 519 g/mol. The van der Waals surface area contributed by atoms with Gasteiger partial charge in [0.1, 0.15) is 17.3 Å². The van der Waals surface area contributed by atoms with Crippen molar-refractivity contribution in [3.8, 4) is 11.5 Å². The van der Waals surface area contributed by atoms with Crippen LogP contribution >= 0.6 is 0 Å². The second kappa shape index (κ2) is 10.8. The lowest BCUT2D eigenvalue weighted by molar-refractivity contribution is 0.362. The van der Waals surface area contributed by atoms with E-state index in [9.17, 15) is 8.42 Å². The number of hydrogen-bond acceptors (Lipinski definition) is 10. The first-order valence-corrected chi connectivity index (χ1v) is 13.1. The van der Waals surface area contributed by atoms with Gasteiger partial charge in [-0.25, -0.2) is 19.9 Å². The van der Waals surface area contributed by atoms with E-state index in [0.717, 1.165) is 5.69 Å². The molecule has 190 valence electrons. The lowest BCUT2D eigenvalue weighted by Crippen LogP contribution is -2.48. The number of nitrogens with one attached hydrogen (secondary N) is 4. The number of nitrogens with zero attached hydrogens (tertiary/aromatic N) is 6. The Morgan fingerprint density at radius 2 is 1.51 bits per heavy atom. The summed E-state index contributed by atoms with van der Waals surface area (Å²) >= 11 is 0. The van der Waals surface area contributed by atoms with Crippen molar-refractivity contribution in [3.63, 3.8) is 0 Å². The summed E-state index contributed by atoms with van der Waals surface area (Å²) in [7, 11) is -3.59. The van der Waals surface area contributed by atoms with Crippen LogP contribution in [0.2, 0.25) is 0 Å². The lowest BCUT2D eigenvalue weighted by Gasteiger charge is -2.26. The molecule has 4 aromatic rings. The van der Waals surface area contributed by atoms with Crippen LogP contribution in [0, 0.1) is 6.92 Å². The summed E-state index contributed by atoms with van der Waals surface area (Å²) in [5, 5.41) is 9.43. The molecule has 12 nitrogen and oxygen atoms in total. The standard InChI is InChI=1S/C24H26N10O2S/c1-17-3-2-4-20(28-17)23-26-11-9-21(31-23)30-22-10-12-27-24(32-22)29-18-5-7-19(8-6-18)33-37(35,36)34-15-13-25-14-16-34/h2-12,25,33H,13-16H2,1H3,(H2,26,27,29,30,31,32). The van der Waals surface area contributed by atoms with Gasteiger partial charge in [0, 0.05) is 55.6 Å². The third-order valence-electron chi connectivity index (χ3n) is 5.49. The van der Waals surface area contributed by atoms with Crippen LogP contribution in [-0.2, 0) is 10.2 Å². The maximum Gasteiger partial charge on any atom is 0.301 e. The molecule has 13 heteroatoms. The predicted molar refractivity (Wildman–Crippen MR) is 142 cm³/mol. The zero-order valence-electron chi connectivity index (χ0n) is 20.1. The summed E-state index contributed by atoms with van der Waals surface area (Å²) in [6.45, 7) is 4.08. The maximum atomic E-state index is 12.6. The van der Waals surface area contributed by atoms with Crippen LogP contribution in [0.1, 0.15) is 5.69 Å². The fourth-order valence-electron chi connectivity index (χ4n) is 3.69. The molecule has 1 aromatic carbocycles. The average Bonchev–Trinajstić information content (AvgIpc) is 2.91.